The molecule has 0 aliphatic heterocycles. The number of fused-ring (bicyclic) bond motifs is 1. The number of carbonyl (C=O) groups excluding carboxylic acids is 1. The van der Waals surface area contributed by atoms with Crippen LogP contribution in [0.25, 0.3) is 10.3 Å². The molecule has 5 nitrogen and oxygen atoms in total. The number of hydrogen-bond acceptors (Lipinski definition) is 6. The lowest BCUT2D eigenvalue weighted by Crippen LogP contribution is -2.10. The zero-order valence-corrected chi connectivity index (χ0v) is 11.5. The molecule has 0 aromatic carbocycles. The molecule has 0 N–H and O–H groups in total. The second-order valence-corrected chi connectivity index (χ2v) is 5.02. The summed E-state index contributed by atoms with van der Waals surface area (Å²) in [7, 11) is 2.94. The molecule has 0 bridgehead atoms. The first kappa shape index (κ1) is 12.9. The van der Waals surface area contributed by atoms with E-state index in [1.54, 1.807) is 7.11 Å². The van der Waals surface area contributed by atoms with Gasteiger partial charge in [-0.1, -0.05) is 11.3 Å². The van der Waals surface area contributed by atoms with E-state index in [0.29, 0.717) is 5.56 Å². The van der Waals surface area contributed by atoms with E-state index < -0.39 is 5.97 Å². The number of rotatable bonds is 3. The van der Waals surface area contributed by atoms with Crippen molar-refractivity contribution in [2.75, 3.05) is 14.2 Å². The van der Waals surface area contributed by atoms with Gasteiger partial charge in [-0.25, -0.2) is 14.8 Å². The fraction of sp³-hybridized carbons (Fsp3) is 0.417. The summed E-state index contributed by atoms with van der Waals surface area (Å²) < 4.78 is 10.1. The van der Waals surface area contributed by atoms with E-state index in [0.717, 1.165) is 20.9 Å². The van der Waals surface area contributed by atoms with Crippen molar-refractivity contribution >= 4 is 27.7 Å². The van der Waals surface area contributed by atoms with E-state index in [-0.39, 0.29) is 6.10 Å². The van der Waals surface area contributed by atoms with Gasteiger partial charge in [-0.15, -0.1) is 0 Å². The molecule has 6 heteroatoms. The van der Waals surface area contributed by atoms with Crippen LogP contribution in [-0.4, -0.2) is 30.2 Å². The van der Waals surface area contributed by atoms with E-state index in [1.807, 2.05) is 13.8 Å². The molecule has 0 fully saturated rings. The molecule has 18 heavy (non-hydrogen) atoms. The van der Waals surface area contributed by atoms with E-state index in [1.165, 1.54) is 24.6 Å². The molecular formula is C12H14N2O3S. The van der Waals surface area contributed by atoms with Gasteiger partial charge in [0.1, 0.15) is 10.3 Å². The van der Waals surface area contributed by atoms with Gasteiger partial charge in [-0.3, -0.25) is 0 Å². The summed E-state index contributed by atoms with van der Waals surface area (Å²) >= 11 is 1.49. The van der Waals surface area contributed by atoms with E-state index in [2.05, 4.69) is 9.97 Å². The maximum Gasteiger partial charge on any atom is 0.339 e. The van der Waals surface area contributed by atoms with Crippen LogP contribution in [0.2, 0.25) is 0 Å². The lowest BCUT2D eigenvalue weighted by atomic mass is 10.0. The smallest absolute Gasteiger partial charge is 0.339 e. The molecule has 0 aliphatic rings. The van der Waals surface area contributed by atoms with Crippen LogP contribution in [0.1, 0.15) is 34.0 Å². The summed E-state index contributed by atoms with van der Waals surface area (Å²) in [5.41, 5.74) is 1.86. The zero-order chi connectivity index (χ0) is 13.3. The number of methoxy groups -OCH3 is 2. The lowest BCUT2D eigenvalue weighted by molar-refractivity contribution is 0.0589. The molecule has 0 saturated heterocycles. The molecule has 0 radical (unpaired) electrons. The topological polar surface area (TPSA) is 61.3 Å². The maximum atomic E-state index is 11.8. The Morgan fingerprint density at radius 1 is 1.44 bits per heavy atom. The van der Waals surface area contributed by atoms with Crippen LogP contribution in [0.3, 0.4) is 0 Å². The van der Waals surface area contributed by atoms with Crippen LogP contribution in [0.15, 0.2) is 6.20 Å². The first-order chi connectivity index (χ1) is 8.58. The van der Waals surface area contributed by atoms with Crippen LogP contribution < -0.4 is 0 Å². The number of hydrogen-bond donors (Lipinski definition) is 0. The molecule has 0 spiro atoms. The molecular weight excluding hydrogens is 252 g/mol. The molecule has 0 aliphatic carbocycles. The number of esters is 1. The Bertz CT molecular complexity index is 594. The molecule has 2 aromatic heterocycles. The minimum atomic E-state index is -0.422. The van der Waals surface area contributed by atoms with E-state index in [9.17, 15) is 4.79 Å². The first-order valence-electron chi connectivity index (χ1n) is 5.45. The standard InChI is InChI=1S/C12H14N2O3S/c1-6(16-3)9-8(12(15)17-4)5-13-11-10(9)14-7(2)18-11/h5-6H,1-4H3/t6-/m0/s1. The van der Waals surface area contributed by atoms with Crippen LogP contribution in [-0.2, 0) is 9.47 Å². The van der Waals surface area contributed by atoms with Crippen molar-refractivity contribution in [1.29, 1.82) is 0 Å². The summed E-state index contributed by atoms with van der Waals surface area (Å²) in [4.78, 5) is 21.2. The Morgan fingerprint density at radius 2 is 2.17 bits per heavy atom. The summed E-state index contributed by atoms with van der Waals surface area (Å²) in [6.07, 6.45) is 1.28. The minimum absolute atomic E-state index is 0.244. The highest BCUT2D eigenvalue weighted by Gasteiger charge is 2.22. The fourth-order valence-electron chi connectivity index (χ4n) is 1.80. The van der Waals surface area contributed by atoms with Crippen LogP contribution in [0, 0.1) is 6.92 Å². The van der Waals surface area contributed by atoms with Gasteiger partial charge in [-0.05, 0) is 13.8 Å². The van der Waals surface area contributed by atoms with Crippen molar-refractivity contribution in [3.63, 3.8) is 0 Å². The second kappa shape index (κ2) is 4.99. The Kier molecular flexibility index (Phi) is 3.58. The molecule has 96 valence electrons. The van der Waals surface area contributed by atoms with Crippen molar-refractivity contribution in [1.82, 2.24) is 9.97 Å². The predicted molar refractivity (Wildman–Crippen MR) is 68.9 cm³/mol. The van der Waals surface area contributed by atoms with E-state index in [4.69, 9.17) is 9.47 Å². The number of pyridine rings is 1. The minimum Gasteiger partial charge on any atom is -0.465 e. The van der Waals surface area contributed by atoms with Gasteiger partial charge < -0.3 is 9.47 Å². The number of aryl methyl sites for hydroxylation is 1. The third-order valence-corrected chi connectivity index (χ3v) is 3.62. The van der Waals surface area contributed by atoms with Gasteiger partial charge in [0.15, 0.2) is 0 Å². The third kappa shape index (κ3) is 2.09. The van der Waals surface area contributed by atoms with Crippen molar-refractivity contribution < 1.29 is 14.3 Å². The quantitative estimate of drug-likeness (QED) is 0.799. The summed E-state index contributed by atoms with van der Waals surface area (Å²) in [5.74, 6) is -0.422. The maximum absolute atomic E-state index is 11.8. The number of ether oxygens (including phenoxy) is 2. The van der Waals surface area contributed by atoms with Crippen molar-refractivity contribution in [2.45, 2.75) is 20.0 Å². The molecule has 2 aromatic rings. The van der Waals surface area contributed by atoms with Gasteiger partial charge in [0.25, 0.3) is 0 Å². The molecule has 0 unspecified atom stereocenters. The SMILES string of the molecule is COC(=O)c1cnc2sc(C)nc2c1[C@H](C)OC. The predicted octanol–water partition coefficient (Wildman–Crippen LogP) is 2.49. The highest BCUT2D eigenvalue weighted by atomic mass is 32.1. The normalized spacial score (nSPS) is 12.7. The number of aromatic nitrogens is 2. The molecule has 2 heterocycles. The van der Waals surface area contributed by atoms with Crippen LogP contribution >= 0.6 is 11.3 Å². The Balaban J connectivity index is 2.74. The molecule has 1 atom stereocenters. The van der Waals surface area contributed by atoms with Gasteiger partial charge in [0.05, 0.1) is 23.8 Å². The number of nitrogens with zero attached hydrogens (tertiary/aromatic N) is 2. The number of thiazole rings is 1. The van der Waals surface area contributed by atoms with Crippen LogP contribution in [0.4, 0.5) is 0 Å². The largest absolute Gasteiger partial charge is 0.465 e. The average molecular weight is 266 g/mol. The van der Waals surface area contributed by atoms with E-state index >= 15 is 0 Å². The van der Waals surface area contributed by atoms with Crippen molar-refractivity contribution in [3.8, 4) is 0 Å². The Morgan fingerprint density at radius 3 is 2.78 bits per heavy atom. The highest BCUT2D eigenvalue weighted by Crippen LogP contribution is 2.31. The highest BCUT2D eigenvalue weighted by molar-refractivity contribution is 7.18. The van der Waals surface area contributed by atoms with Crippen molar-refractivity contribution in [2.24, 2.45) is 0 Å². The Labute approximate surface area is 109 Å². The van der Waals surface area contributed by atoms with Gasteiger partial charge in [0, 0.05) is 18.9 Å². The zero-order valence-electron chi connectivity index (χ0n) is 10.7. The Hall–Kier alpha value is -1.53. The monoisotopic (exact) mass is 266 g/mol. The first-order valence-corrected chi connectivity index (χ1v) is 6.27. The van der Waals surface area contributed by atoms with Gasteiger partial charge in [-0.2, -0.15) is 0 Å². The second-order valence-electron chi connectivity index (χ2n) is 3.84. The average Bonchev–Trinajstić information content (AvgIpc) is 2.75. The molecule has 0 amide bonds. The summed E-state index contributed by atoms with van der Waals surface area (Å²) in [6.45, 7) is 3.78. The summed E-state index contributed by atoms with van der Waals surface area (Å²) in [5, 5.41) is 0.907. The fourth-order valence-corrected chi connectivity index (χ4v) is 2.58. The van der Waals surface area contributed by atoms with Crippen molar-refractivity contribution in [3.05, 3.63) is 22.3 Å². The summed E-state index contributed by atoms with van der Waals surface area (Å²) in [6, 6.07) is 0. The lowest BCUT2D eigenvalue weighted by Gasteiger charge is -2.13. The third-order valence-electron chi connectivity index (χ3n) is 2.74. The van der Waals surface area contributed by atoms with Crippen LogP contribution in [0.5, 0.6) is 0 Å². The van der Waals surface area contributed by atoms with Gasteiger partial charge in [0.2, 0.25) is 0 Å². The molecule has 2 rings (SSSR count). The number of carbonyl (C=O) groups is 1. The molecule has 0 saturated carbocycles. The van der Waals surface area contributed by atoms with Gasteiger partial charge >= 0.3 is 5.97 Å².